The Bertz CT molecular complexity index is 346. The topological polar surface area (TPSA) is 56.3 Å². The molecule has 4 heteroatoms. The quantitative estimate of drug-likeness (QED) is 0.794. The first kappa shape index (κ1) is 11.2. The maximum atomic E-state index is 12.2. The van der Waals surface area contributed by atoms with Gasteiger partial charge >= 0.3 is 0 Å². The second-order valence-electron chi connectivity index (χ2n) is 4.39. The molecule has 0 aliphatic carbocycles. The molecule has 0 aromatic carbocycles. The van der Waals surface area contributed by atoms with E-state index in [0.29, 0.717) is 5.69 Å². The van der Waals surface area contributed by atoms with Crippen LogP contribution in [-0.2, 0) is 0 Å². The molecule has 0 radical (unpaired) electrons. The molecular weight excluding hydrogens is 204 g/mol. The van der Waals surface area contributed by atoms with Gasteiger partial charge in [-0.1, -0.05) is 0 Å². The van der Waals surface area contributed by atoms with Crippen LogP contribution in [0.4, 0.5) is 0 Å². The van der Waals surface area contributed by atoms with Crippen molar-refractivity contribution in [3.63, 3.8) is 0 Å². The Labute approximate surface area is 95.3 Å². The lowest BCUT2D eigenvalue weighted by molar-refractivity contribution is 0.0277. The third-order valence-electron chi connectivity index (χ3n) is 3.20. The van der Waals surface area contributed by atoms with Gasteiger partial charge in [0.15, 0.2) is 0 Å². The summed E-state index contributed by atoms with van der Waals surface area (Å²) in [5, 5.41) is 9.69. The number of H-pyrrole nitrogens is 1. The SMILES string of the molecule is C[C@H](O)[C@@H]1CCCCN1C(=O)c1ccc[nH]1. The molecule has 1 aromatic heterocycles. The summed E-state index contributed by atoms with van der Waals surface area (Å²) in [6, 6.07) is 3.55. The second-order valence-corrected chi connectivity index (χ2v) is 4.39. The van der Waals surface area contributed by atoms with E-state index in [1.165, 1.54) is 0 Å². The van der Waals surface area contributed by atoms with E-state index in [4.69, 9.17) is 0 Å². The van der Waals surface area contributed by atoms with Crippen molar-refractivity contribution in [3.05, 3.63) is 24.0 Å². The molecule has 1 aromatic rings. The van der Waals surface area contributed by atoms with Crippen LogP contribution in [0.2, 0.25) is 0 Å². The molecular formula is C12H18N2O2. The highest BCUT2D eigenvalue weighted by Crippen LogP contribution is 2.21. The lowest BCUT2D eigenvalue weighted by Crippen LogP contribution is -2.49. The van der Waals surface area contributed by atoms with Crippen molar-refractivity contribution in [2.75, 3.05) is 6.54 Å². The van der Waals surface area contributed by atoms with Crippen molar-refractivity contribution >= 4 is 5.91 Å². The molecule has 0 unspecified atom stereocenters. The van der Waals surface area contributed by atoms with Crippen molar-refractivity contribution in [1.82, 2.24) is 9.88 Å². The van der Waals surface area contributed by atoms with Crippen molar-refractivity contribution in [1.29, 1.82) is 0 Å². The third kappa shape index (κ3) is 2.11. The van der Waals surface area contributed by atoms with Crippen LogP contribution in [0.3, 0.4) is 0 Å². The Balaban J connectivity index is 2.14. The summed E-state index contributed by atoms with van der Waals surface area (Å²) in [6.45, 7) is 2.50. The molecule has 0 bridgehead atoms. The summed E-state index contributed by atoms with van der Waals surface area (Å²) in [5.74, 6) is -0.00407. The smallest absolute Gasteiger partial charge is 0.270 e. The Hall–Kier alpha value is -1.29. The van der Waals surface area contributed by atoms with Crippen LogP contribution in [0.25, 0.3) is 0 Å². The fraction of sp³-hybridized carbons (Fsp3) is 0.583. The summed E-state index contributed by atoms with van der Waals surface area (Å²) in [6.07, 6.45) is 4.29. The highest BCUT2D eigenvalue weighted by Gasteiger charge is 2.30. The largest absolute Gasteiger partial charge is 0.391 e. The van der Waals surface area contributed by atoms with Crippen LogP contribution in [0.15, 0.2) is 18.3 Å². The minimum Gasteiger partial charge on any atom is -0.391 e. The van der Waals surface area contributed by atoms with Crippen molar-refractivity contribution in [2.45, 2.75) is 38.3 Å². The van der Waals surface area contributed by atoms with E-state index < -0.39 is 6.10 Å². The lowest BCUT2D eigenvalue weighted by atomic mass is 9.98. The van der Waals surface area contributed by atoms with Gasteiger partial charge in [-0.15, -0.1) is 0 Å². The van der Waals surface area contributed by atoms with Crippen LogP contribution < -0.4 is 0 Å². The highest BCUT2D eigenvalue weighted by molar-refractivity contribution is 5.92. The zero-order chi connectivity index (χ0) is 11.5. The van der Waals surface area contributed by atoms with E-state index in [-0.39, 0.29) is 11.9 Å². The third-order valence-corrected chi connectivity index (χ3v) is 3.20. The fourth-order valence-electron chi connectivity index (χ4n) is 2.33. The number of nitrogens with one attached hydrogen (secondary N) is 1. The summed E-state index contributed by atoms with van der Waals surface area (Å²) in [5.41, 5.74) is 0.604. The number of aromatic nitrogens is 1. The van der Waals surface area contributed by atoms with Crippen molar-refractivity contribution in [2.24, 2.45) is 0 Å². The summed E-state index contributed by atoms with van der Waals surface area (Å²) in [7, 11) is 0. The maximum absolute atomic E-state index is 12.2. The zero-order valence-electron chi connectivity index (χ0n) is 9.52. The van der Waals surface area contributed by atoms with Gasteiger partial charge in [0.25, 0.3) is 5.91 Å². The molecule has 16 heavy (non-hydrogen) atoms. The van der Waals surface area contributed by atoms with E-state index in [2.05, 4.69) is 4.98 Å². The molecule has 1 aliphatic rings. The van der Waals surface area contributed by atoms with Crippen LogP contribution in [0, 0.1) is 0 Å². The van der Waals surface area contributed by atoms with Crippen molar-refractivity contribution < 1.29 is 9.90 Å². The number of aromatic amines is 1. The number of likely N-dealkylation sites (tertiary alicyclic amines) is 1. The number of rotatable bonds is 2. The monoisotopic (exact) mass is 222 g/mol. The molecule has 0 spiro atoms. The summed E-state index contributed by atoms with van der Waals surface area (Å²) < 4.78 is 0. The second kappa shape index (κ2) is 4.70. The van der Waals surface area contributed by atoms with Gasteiger partial charge in [0, 0.05) is 12.7 Å². The van der Waals surface area contributed by atoms with Gasteiger partial charge in [-0.3, -0.25) is 4.79 Å². The first-order valence-corrected chi connectivity index (χ1v) is 5.82. The van der Waals surface area contributed by atoms with Gasteiger partial charge in [0.05, 0.1) is 12.1 Å². The number of carbonyl (C=O) groups is 1. The van der Waals surface area contributed by atoms with Crippen LogP contribution >= 0.6 is 0 Å². The highest BCUT2D eigenvalue weighted by atomic mass is 16.3. The average Bonchev–Trinajstić information content (AvgIpc) is 2.81. The Morgan fingerprint density at radius 2 is 2.44 bits per heavy atom. The lowest BCUT2D eigenvalue weighted by Gasteiger charge is -2.37. The first-order chi connectivity index (χ1) is 7.70. The molecule has 2 N–H and O–H groups in total. The Morgan fingerprint density at radius 1 is 1.62 bits per heavy atom. The van der Waals surface area contributed by atoms with E-state index in [1.807, 2.05) is 6.07 Å². The van der Waals surface area contributed by atoms with Gasteiger partial charge in [0.1, 0.15) is 5.69 Å². The number of amides is 1. The van der Waals surface area contributed by atoms with Crippen LogP contribution in [0.1, 0.15) is 36.7 Å². The van der Waals surface area contributed by atoms with Crippen molar-refractivity contribution in [3.8, 4) is 0 Å². The molecule has 1 saturated heterocycles. The normalized spacial score (nSPS) is 23.1. The number of aliphatic hydroxyl groups is 1. The van der Waals surface area contributed by atoms with Gasteiger partial charge in [-0.25, -0.2) is 0 Å². The predicted octanol–water partition coefficient (Wildman–Crippen LogP) is 1.39. The van der Waals surface area contributed by atoms with E-state index in [1.54, 1.807) is 24.1 Å². The van der Waals surface area contributed by atoms with Crippen LogP contribution in [0.5, 0.6) is 0 Å². The summed E-state index contributed by atoms with van der Waals surface area (Å²) >= 11 is 0. The Morgan fingerprint density at radius 3 is 3.06 bits per heavy atom. The van der Waals surface area contributed by atoms with E-state index in [0.717, 1.165) is 25.8 Å². The minimum absolute atomic E-state index is 0.00407. The Kier molecular flexibility index (Phi) is 3.29. The number of aliphatic hydroxyl groups excluding tert-OH is 1. The molecule has 1 fully saturated rings. The fourth-order valence-corrected chi connectivity index (χ4v) is 2.33. The van der Waals surface area contributed by atoms with Gasteiger partial charge in [-0.2, -0.15) is 0 Å². The van der Waals surface area contributed by atoms with Gasteiger partial charge < -0.3 is 15.0 Å². The van der Waals surface area contributed by atoms with Crippen LogP contribution in [-0.4, -0.2) is 39.6 Å². The minimum atomic E-state index is -0.459. The summed E-state index contributed by atoms with van der Waals surface area (Å²) in [4.78, 5) is 16.9. The molecule has 1 aliphatic heterocycles. The number of hydrogen-bond donors (Lipinski definition) is 2. The molecule has 2 atom stereocenters. The molecule has 1 amide bonds. The number of carbonyl (C=O) groups excluding carboxylic acids is 1. The zero-order valence-corrected chi connectivity index (χ0v) is 9.52. The first-order valence-electron chi connectivity index (χ1n) is 5.82. The number of nitrogens with zero attached hydrogens (tertiary/aromatic N) is 1. The number of piperidine rings is 1. The van der Waals surface area contributed by atoms with E-state index >= 15 is 0 Å². The standard InChI is InChI=1S/C12H18N2O2/c1-9(15)11-6-2-3-8-14(11)12(16)10-5-4-7-13-10/h4-5,7,9,11,13,15H,2-3,6,8H2,1H3/t9-,11-/m0/s1. The molecule has 88 valence electrons. The number of hydrogen-bond acceptors (Lipinski definition) is 2. The average molecular weight is 222 g/mol. The van der Waals surface area contributed by atoms with E-state index in [9.17, 15) is 9.90 Å². The molecule has 2 rings (SSSR count). The van der Waals surface area contributed by atoms with Gasteiger partial charge in [-0.05, 0) is 38.3 Å². The van der Waals surface area contributed by atoms with Gasteiger partial charge in [0.2, 0.25) is 0 Å². The maximum Gasteiger partial charge on any atom is 0.270 e. The molecule has 0 saturated carbocycles. The molecule has 2 heterocycles. The molecule has 4 nitrogen and oxygen atoms in total. The predicted molar refractivity (Wildman–Crippen MR) is 61.1 cm³/mol.